The summed E-state index contributed by atoms with van der Waals surface area (Å²) < 4.78 is 0. The third kappa shape index (κ3) is 5.42. The highest BCUT2D eigenvalue weighted by Gasteiger charge is 2.42. The van der Waals surface area contributed by atoms with E-state index in [2.05, 4.69) is 40.6 Å². The minimum atomic E-state index is -0.487. The molecule has 0 bridgehead atoms. The lowest BCUT2D eigenvalue weighted by atomic mass is 9.79. The van der Waals surface area contributed by atoms with Crippen LogP contribution in [0.5, 0.6) is 0 Å². The standard InChI is InChI=1S/C40H30N6O4S4/c1-5-7-9-19(3)45-37(47)21-11-25(41-15-51)31-33-27(43-17-53)13-23-30-24(40(50)46(39(23)49)20(4)10-8-6-2)14-28(44-18-54)34(36(30)33)32-26(42-16-52)12-22(38(45)48)29(21)35(31)32/h11-14,19-20H,5-10H2,1-4H3. The van der Waals surface area contributed by atoms with Crippen LogP contribution in [0.1, 0.15) is 108 Å². The van der Waals surface area contributed by atoms with Crippen LogP contribution in [-0.4, -0.2) is 66.2 Å². The van der Waals surface area contributed by atoms with Crippen LogP contribution in [0.15, 0.2) is 44.2 Å². The predicted octanol–water partition coefficient (Wildman–Crippen LogP) is 11.0. The van der Waals surface area contributed by atoms with Crippen LogP contribution >= 0.6 is 48.9 Å². The lowest BCUT2D eigenvalue weighted by Gasteiger charge is -2.34. The number of carbonyl (C=O) groups is 4. The van der Waals surface area contributed by atoms with Crippen molar-refractivity contribution < 1.29 is 19.2 Å². The van der Waals surface area contributed by atoms with Gasteiger partial charge >= 0.3 is 0 Å². The van der Waals surface area contributed by atoms with Crippen molar-refractivity contribution in [2.45, 2.75) is 78.3 Å². The number of aliphatic imine (C=N–C) groups is 4. The fourth-order valence-corrected chi connectivity index (χ4v) is 8.61. The largest absolute Gasteiger partial charge is 0.272 e. The minimum absolute atomic E-state index is 0.228. The number of imide groups is 2. The van der Waals surface area contributed by atoms with E-state index in [4.69, 9.17) is 48.9 Å². The average Bonchev–Trinajstić information content (AvgIpc) is 3.15. The van der Waals surface area contributed by atoms with Crippen molar-refractivity contribution in [3.05, 3.63) is 46.5 Å². The topological polar surface area (TPSA) is 124 Å². The molecule has 0 radical (unpaired) electrons. The molecule has 0 N–H and O–H groups in total. The molecule has 0 fully saturated rings. The van der Waals surface area contributed by atoms with Gasteiger partial charge in [0.2, 0.25) is 0 Å². The molecule has 2 heterocycles. The van der Waals surface area contributed by atoms with E-state index in [1.165, 1.54) is 9.80 Å². The quantitative estimate of drug-likeness (QED) is 0.0402. The van der Waals surface area contributed by atoms with Crippen LogP contribution in [0.4, 0.5) is 22.7 Å². The molecule has 4 amide bonds. The van der Waals surface area contributed by atoms with E-state index in [-0.39, 0.29) is 45.0 Å². The van der Waals surface area contributed by atoms with Crippen LogP contribution in [-0.2, 0) is 0 Å². The minimum Gasteiger partial charge on any atom is -0.272 e. The zero-order valence-corrected chi connectivity index (χ0v) is 32.9. The van der Waals surface area contributed by atoms with Crippen molar-refractivity contribution in [3.8, 4) is 0 Å². The molecular formula is C40H30N6O4S4. The van der Waals surface area contributed by atoms with Gasteiger partial charge in [0.1, 0.15) is 0 Å². The van der Waals surface area contributed by atoms with E-state index < -0.39 is 35.7 Å². The third-order valence-electron chi connectivity index (χ3n) is 10.5. The van der Waals surface area contributed by atoms with Crippen LogP contribution in [0.3, 0.4) is 0 Å². The molecule has 54 heavy (non-hydrogen) atoms. The average molecular weight is 787 g/mol. The number of unbranched alkanes of at least 4 members (excludes halogenated alkanes) is 2. The summed E-state index contributed by atoms with van der Waals surface area (Å²) in [7, 11) is 0. The summed E-state index contributed by atoms with van der Waals surface area (Å²) in [6.45, 7) is 7.79. The fraction of sp³-hybridized carbons (Fsp3) is 0.300. The molecule has 0 aliphatic carbocycles. The Morgan fingerprint density at radius 2 is 0.741 bits per heavy atom. The lowest BCUT2D eigenvalue weighted by Crippen LogP contribution is -2.46. The van der Waals surface area contributed by atoms with Crippen LogP contribution in [0.2, 0.25) is 0 Å². The van der Waals surface area contributed by atoms with Gasteiger partial charge in [0.05, 0.1) is 65.6 Å². The first-order valence-corrected chi connectivity index (χ1v) is 19.2. The molecule has 0 saturated heterocycles. The number of nitrogens with zero attached hydrogens (tertiary/aromatic N) is 6. The first-order chi connectivity index (χ1) is 26.1. The van der Waals surface area contributed by atoms with Crippen LogP contribution in [0, 0.1) is 0 Å². The van der Waals surface area contributed by atoms with E-state index in [0.29, 0.717) is 55.9 Å². The summed E-state index contributed by atoms with van der Waals surface area (Å²) in [6, 6.07) is 5.56. The zero-order chi connectivity index (χ0) is 38.6. The smallest absolute Gasteiger partial charge is 0.261 e. The van der Waals surface area contributed by atoms with Gasteiger partial charge in [0.25, 0.3) is 23.6 Å². The Labute approximate surface area is 331 Å². The van der Waals surface area contributed by atoms with Crippen LogP contribution in [0.25, 0.3) is 43.1 Å². The second kappa shape index (κ2) is 14.6. The molecule has 7 rings (SSSR count). The Bertz CT molecular complexity index is 2400. The first kappa shape index (κ1) is 37.2. The molecule has 0 spiro atoms. The van der Waals surface area contributed by atoms with Crippen molar-refractivity contribution in [2.75, 3.05) is 0 Å². The van der Waals surface area contributed by atoms with Gasteiger partial charge in [-0.15, -0.1) is 0 Å². The maximum absolute atomic E-state index is 14.4. The molecule has 10 nitrogen and oxygen atoms in total. The Hall–Kier alpha value is -5.12. The Balaban J connectivity index is 1.77. The molecule has 14 heteroatoms. The van der Waals surface area contributed by atoms with E-state index in [9.17, 15) is 19.2 Å². The van der Waals surface area contributed by atoms with Crippen molar-refractivity contribution in [2.24, 2.45) is 20.0 Å². The normalized spacial score (nSPS) is 14.7. The van der Waals surface area contributed by atoms with Crippen molar-refractivity contribution in [1.82, 2.24) is 9.80 Å². The predicted molar refractivity (Wildman–Crippen MR) is 225 cm³/mol. The molecule has 268 valence electrons. The Morgan fingerprint density at radius 1 is 0.481 bits per heavy atom. The second-order valence-electron chi connectivity index (χ2n) is 13.5. The summed E-state index contributed by atoms with van der Waals surface area (Å²) in [5, 5.41) is 13.0. The first-order valence-electron chi connectivity index (χ1n) is 17.5. The highest BCUT2D eigenvalue weighted by atomic mass is 32.1. The maximum Gasteiger partial charge on any atom is 0.261 e. The Kier molecular flexibility index (Phi) is 10.1. The van der Waals surface area contributed by atoms with Crippen LogP contribution < -0.4 is 0 Å². The van der Waals surface area contributed by atoms with Gasteiger partial charge in [-0.2, -0.15) is 20.0 Å². The van der Waals surface area contributed by atoms with Gasteiger partial charge in [0.15, 0.2) is 0 Å². The summed E-state index contributed by atoms with van der Waals surface area (Å²) >= 11 is 20.6. The van der Waals surface area contributed by atoms with Crippen molar-refractivity contribution in [1.29, 1.82) is 0 Å². The maximum atomic E-state index is 14.4. The van der Waals surface area contributed by atoms with Crippen molar-refractivity contribution in [3.63, 3.8) is 0 Å². The summed E-state index contributed by atoms with van der Waals surface area (Å²) in [6.07, 6.45) is 4.64. The number of amides is 4. The van der Waals surface area contributed by atoms with E-state index in [1.807, 2.05) is 27.7 Å². The molecule has 0 aromatic heterocycles. The fourth-order valence-electron chi connectivity index (χ4n) is 8.21. The lowest BCUT2D eigenvalue weighted by molar-refractivity contribution is 0.0527. The molecule has 5 aromatic rings. The number of carbonyl (C=O) groups excluding carboxylic acids is 4. The number of hydrogen-bond donors (Lipinski definition) is 0. The summed E-state index contributed by atoms with van der Waals surface area (Å²) in [4.78, 5) is 78.2. The summed E-state index contributed by atoms with van der Waals surface area (Å²) in [5.74, 6) is -1.95. The molecule has 2 atom stereocenters. The van der Waals surface area contributed by atoms with Gasteiger partial charge in [-0.1, -0.05) is 39.5 Å². The van der Waals surface area contributed by atoms with Gasteiger partial charge in [-0.05, 0) is 99.8 Å². The third-order valence-corrected chi connectivity index (χ3v) is 10.9. The monoisotopic (exact) mass is 786 g/mol. The number of fused-ring (bicyclic) bond motifs is 2. The molecular weight excluding hydrogens is 757 g/mol. The van der Waals surface area contributed by atoms with E-state index in [0.717, 1.165) is 25.7 Å². The molecule has 2 aliphatic heterocycles. The van der Waals surface area contributed by atoms with Crippen molar-refractivity contribution >= 4 is 159 Å². The molecule has 2 aliphatic rings. The highest BCUT2D eigenvalue weighted by molar-refractivity contribution is 7.78. The zero-order valence-electron chi connectivity index (χ0n) is 29.7. The van der Waals surface area contributed by atoms with Gasteiger partial charge in [-0.3, -0.25) is 29.0 Å². The highest BCUT2D eigenvalue weighted by Crippen LogP contribution is 2.56. The van der Waals surface area contributed by atoms with Gasteiger partial charge in [-0.25, -0.2) is 0 Å². The van der Waals surface area contributed by atoms with E-state index in [1.54, 1.807) is 24.3 Å². The number of thiocarbonyl (C=S) groups is 4. The number of rotatable bonds is 12. The Morgan fingerprint density at radius 3 is 0.963 bits per heavy atom. The SMILES string of the molecule is CCCCC(C)N1C(=O)c2cc(N=C=S)c3c4c(N=C=S)cc5c6c(cc(N=C=S)c(c7c(N=C=S)cc(c2c37)C1=O)c64)C(=O)N(C(C)CCCC)C5=O. The molecule has 2 unspecified atom stereocenters. The summed E-state index contributed by atoms with van der Waals surface area (Å²) in [5.41, 5.74) is 1.86. The van der Waals surface area contributed by atoms with Gasteiger partial charge in [0, 0.05) is 55.2 Å². The van der Waals surface area contributed by atoms with Gasteiger partial charge < -0.3 is 0 Å². The number of hydrogen-bond acceptors (Lipinski definition) is 12. The molecule has 0 saturated carbocycles. The second-order valence-corrected chi connectivity index (χ2v) is 14.3. The number of isothiocyanates is 4. The van der Waals surface area contributed by atoms with E-state index >= 15 is 0 Å². The molecule has 5 aromatic carbocycles. The number of benzene rings is 5.